The van der Waals surface area contributed by atoms with Crippen molar-refractivity contribution in [2.75, 3.05) is 6.54 Å². The van der Waals surface area contributed by atoms with Gasteiger partial charge in [-0.25, -0.2) is 0 Å². The van der Waals surface area contributed by atoms with E-state index in [9.17, 15) is 0 Å². The first kappa shape index (κ1) is 14.2. The largest absolute Gasteiger partial charge is 0.309 e. The van der Waals surface area contributed by atoms with Gasteiger partial charge in [-0.15, -0.1) is 0 Å². The third-order valence-corrected chi connectivity index (χ3v) is 3.11. The first-order chi connectivity index (χ1) is 8.34. The Kier molecular flexibility index (Phi) is 7.65. The topological polar surface area (TPSA) is 24.9 Å². The second kappa shape index (κ2) is 9.17. The van der Waals surface area contributed by atoms with Crippen LogP contribution in [0.3, 0.4) is 0 Å². The van der Waals surface area contributed by atoms with E-state index in [0.717, 1.165) is 12.2 Å². The first-order valence-corrected chi connectivity index (χ1v) is 6.99. The lowest BCUT2D eigenvalue weighted by molar-refractivity contribution is 0.520. The number of rotatable bonds is 9. The van der Waals surface area contributed by atoms with Crippen molar-refractivity contribution in [3.63, 3.8) is 0 Å². The lowest BCUT2D eigenvalue weighted by Crippen LogP contribution is -2.20. The van der Waals surface area contributed by atoms with E-state index in [2.05, 4.69) is 30.2 Å². The van der Waals surface area contributed by atoms with E-state index < -0.39 is 0 Å². The minimum atomic E-state index is 0.367. The molecule has 0 fully saturated rings. The van der Waals surface area contributed by atoms with E-state index in [1.807, 2.05) is 18.3 Å². The monoisotopic (exact) mass is 234 g/mol. The van der Waals surface area contributed by atoms with Crippen LogP contribution in [0.4, 0.5) is 0 Å². The molecular formula is C15H26N2. The van der Waals surface area contributed by atoms with E-state index in [1.54, 1.807) is 0 Å². The Bertz CT molecular complexity index is 272. The Morgan fingerprint density at radius 3 is 2.59 bits per heavy atom. The predicted octanol–water partition coefficient (Wildman–Crippen LogP) is 4.09. The third-order valence-electron chi connectivity index (χ3n) is 3.11. The lowest BCUT2D eigenvalue weighted by Gasteiger charge is -2.12. The quantitative estimate of drug-likeness (QED) is 0.651. The molecule has 96 valence electrons. The number of unbranched alkanes of at least 4 members (excludes halogenated alkanes) is 5. The van der Waals surface area contributed by atoms with Gasteiger partial charge in [0.05, 0.1) is 5.69 Å². The lowest BCUT2D eigenvalue weighted by atomic mass is 10.1. The summed E-state index contributed by atoms with van der Waals surface area (Å²) in [5.41, 5.74) is 1.14. The van der Waals surface area contributed by atoms with E-state index in [0.29, 0.717) is 6.04 Å². The van der Waals surface area contributed by atoms with Gasteiger partial charge in [-0.1, -0.05) is 45.1 Å². The number of hydrogen-bond acceptors (Lipinski definition) is 2. The minimum absolute atomic E-state index is 0.367. The first-order valence-electron chi connectivity index (χ1n) is 6.99. The van der Waals surface area contributed by atoms with Gasteiger partial charge in [-0.2, -0.15) is 0 Å². The molecule has 17 heavy (non-hydrogen) atoms. The summed E-state index contributed by atoms with van der Waals surface area (Å²) >= 11 is 0. The average molecular weight is 234 g/mol. The van der Waals surface area contributed by atoms with Gasteiger partial charge in [-0.3, -0.25) is 4.98 Å². The highest BCUT2D eigenvalue weighted by Crippen LogP contribution is 2.09. The van der Waals surface area contributed by atoms with Gasteiger partial charge in [0.2, 0.25) is 0 Å². The van der Waals surface area contributed by atoms with E-state index in [4.69, 9.17) is 0 Å². The normalized spacial score (nSPS) is 12.6. The van der Waals surface area contributed by atoms with Crippen molar-refractivity contribution in [1.82, 2.24) is 10.3 Å². The van der Waals surface area contributed by atoms with Crippen molar-refractivity contribution in [1.29, 1.82) is 0 Å². The molecule has 0 saturated heterocycles. The van der Waals surface area contributed by atoms with Crippen molar-refractivity contribution in [2.45, 2.75) is 58.4 Å². The molecule has 1 atom stereocenters. The molecule has 0 radical (unpaired) electrons. The Balaban J connectivity index is 2.03. The summed E-state index contributed by atoms with van der Waals surface area (Å²) in [5, 5.41) is 3.53. The molecule has 0 amide bonds. The maximum Gasteiger partial charge on any atom is 0.0570 e. The Morgan fingerprint density at radius 1 is 1.12 bits per heavy atom. The number of hydrogen-bond donors (Lipinski definition) is 1. The Morgan fingerprint density at radius 2 is 1.88 bits per heavy atom. The van der Waals surface area contributed by atoms with Crippen LogP contribution in [0.1, 0.15) is 64.1 Å². The molecule has 1 rings (SSSR count). The molecule has 0 saturated carbocycles. The molecule has 1 heterocycles. The number of aromatic nitrogens is 1. The van der Waals surface area contributed by atoms with Crippen molar-refractivity contribution >= 4 is 0 Å². The number of pyridine rings is 1. The summed E-state index contributed by atoms with van der Waals surface area (Å²) in [7, 11) is 0. The van der Waals surface area contributed by atoms with Crippen molar-refractivity contribution in [2.24, 2.45) is 0 Å². The molecule has 0 unspecified atom stereocenters. The van der Waals surface area contributed by atoms with Crippen LogP contribution in [0.2, 0.25) is 0 Å². The van der Waals surface area contributed by atoms with Crippen LogP contribution >= 0.6 is 0 Å². The fourth-order valence-corrected chi connectivity index (χ4v) is 1.96. The summed E-state index contributed by atoms with van der Waals surface area (Å²) in [6.07, 6.45) is 9.98. The van der Waals surface area contributed by atoms with Crippen LogP contribution < -0.4 is 5.32 Å². The summed E-state index contributed by atoms with van der Waals surface area (Å²) in [5.74, 6) is 0. The van der Waals surface area contributed by atoms with Crippen LogP contribution in [0.25, 0.3) is 0 Å². The summed E-state index contributed by atoms with van der Waals surface area (Å²) in [6, 6.07) is 6.46. The molecule has 0 bridgehead atoms. The highest BCUT2D eigenvalue weighted by Gasteiger charge is 2.03. The molecule has 1 aromatic rings. The zero-order valence-corrected chi connectivity index (χ0v) is 11.3. The summed E-state index contributed by atoms with van der Waals surface area (Å²) < 4.78 is 0. The zero-order valence-electron chi connectivity index (χ0n) is 11.3. The predicted molar refractivity (Wildman–Crippen MR) is 74.0 cm³/mol. The molecule has 1 N–H and O–H groups in total. The Labute approximate surface area is 106 Å². The number of nitrogens with one attached hydrogen (secondary N) is 1. The zero-order chi connectivity index (χ0) is 12.3. The van der Waals surface area contributed by atoms with Crippen LogP contribution in [-0.2, 0) is 0 Å². The average Bonchev–Trinajstić information content (AvgIpc) is 2.38. The van der Waals surface area contributed by atoms with Crippen molar-refractivity contribution in [3.8, 4) is 0 Å². The van der Waals surface area contributed by atoms with Crippen LogP contribution in [0.5, 0.6) is 0 Å². The molecule has 0 aliphatic carbocycles. The van der Waals surface area contributed by atoms with Crippen LogP contribution in [0.15, 0.2) is 24.4 Å². The highest BCUT2D eigenvalue weighted by molar-refractivity contribution is 5.07. The van der Waals surface area contributed by atoms with Crippen LogP contribution in [-0.4, -0.2) is 11.5 Å². The molecule has 0 aliphatic heterocycles. The third kappa shape index (κ3) is 6.42. The van der Waals surface area contributed by atoms with Gasteiger partial charge in [0.15, 0.2) is 0 Å². The fourth-order valence-electron chi connectivity index (χ4n) is 1.96. The molecule has 1 aromatic heterocycles. The minimum Gasteiger partial charge on any atom is -0.309 e. The maximum atomic E-state index is 4.36. The second-order valence-electron chi connectivity index (χ2n) is 4.70. The van der Waals surface area contributed by atoms with Gasteiger partial charge < -0.3 is 5.32 Å². The molecule has 2 nitrogen and oxygen atoms in total. The second-order valence-corrected chi connectivity index (χ2v) is 4.70. The van der Waals surface area contributed by atoms with E-state index in [1.165, 1.54) is 38.5 Å². The molecule has 2 heteroatoms. The van der Waals surface area contributed by atoms with Crippen molar-refractivity contribution < 1.29 is 0 Å². The van der Waals surface area contributed by atoms with Gasteiger partial charge in [0.25, 0.3) is 0 Å². The standard InChI is InChI=1S/C15H26N2/c1-3-4-5-6-7-9-12-16-14(2)15-11-8-10-13-17-15/h8,10-11,13-14,16H,3-7,9,12H2,1-2H3/t14-/m0/s1. The summed E-state index contributed by atoms with van der Waals surface area (Å²) in [6.45, 7) is 5.54. The van der Waals surface area contributed by atoms with E-state index >= 15 is 0 Å². The van der Waals surface area contributed by atoms with Crippen LogP contribution in [0, 0.1) is 0 Å². The highest BCUT2D eigenvalue weighted by atomic mass is 14.9. The fraction of sp³-hybridized carbons (Fsp3) is 0.667. The SMILES string of the molecule is CCCCCCCCN[C@@H](C)c1ccccn1. The maximum absolute atomic E-state index is 4.36. The molecule has 0 spiro atoms. The van der Waals surface area contributed by atoms with Crippen molar-refractivity contribution in [3.05, 3.63) is 30.1 Å². The molecular weight excluding hydrogens is 208 g/mol. The van der Waals surface area contributed by atoms with Gasteiger partial charge in [0.1, 0.15) is 0 Å². The summed E-state index contributed by atoms with van der Waals surface area (Å²) in [4.78, 5) is 4.36. The molecule has 0 aromatic carbocycles. The molecule has 0 aliphatic rings. The van der Waals surface area contributed by atoms with Gasteiger partial charge >= 0.3 is 0 Å². The van der Waals surface area contributed by atoms with Gasteiger partial charge in [-0.05, 0) is 32.0 Å². The number of nitrogens with zero attached hydrogens (tertiary/aromatic N) is 1. The van der Waals surface area contributed by atoms with Gasteiger partial charge in [0, 0.05) is 12.2 Å². The van der Waals surface area contributed by atoms with E-state index in [-0.39, 0.29) is 0 Å². The Hall–Kier alpha value is -0.890. The smallest absolute Gasteiger partial charge is 0.0570 e.